The predicted molar refractivity (Wildman–Crippen MR) is 144 cm³/mol. The lowest BCUT2D eigenvalue weighted by Crippen LogP contribution is -2.22. The predicted octanol–water partition coefficient (Wildman–Crippen LogP) is 5.63. The number of rotatable bonds is 3. The van der Waals surface area contributed by atoms with E-state index in [1.54, 1.807) is 28.7 Å². The van der Waals surface area contributed by atoms with E-state index in [-0.39, 0.29) is 6.79 Å². The number of aromatic nitrogens is 4. The molecule has 0 bridgehead atoms. The summed E-state index contributed by atoms with van der Waals surface area (Å²) in [5.74, 6) is 2.08. The molecule has 1 unspecified atom stereocenters. The summed E-state index contributed by atoms with van der Waals surface area (Å²) in [4.78, 5) is 24.1. The van der Waals surface area contributed by atoms with Gasteiger partial charge in [-0.2, -0.15) is 0 Å². The Labute approximate surface area is 225 Å². The van der Waals surface area contributed by atoms with Gasteiger partial charge in [-0.15, -0.1) is 16.9 Å². The molecule has 8 rings (SSSR count). The number of fused-ring (bicyclic) bond motifs is 7. The summed E-state index contributed by atoms with van der Waals surface area (Å²) in [5.41, 5.74) is 3.22. The van der Waals surface area contributed by atoms with Crippen LogP contribution in [0.3, 0.4) is 0 Å². The van der Waals surface area contributed by atoms with Gasteiger partial charge in [0.25, 0.3) is 0 Å². The van der Waals surface area contributed by atoms with Gasteiger partial charge in [-0.1, -0.05) is 24.3 Å². The van der Waals surface area contributed by atoms with Gasteiger partial charge < -0.3 is 18.6 Å². The van der Waals surface area contributed by atoms with E-state index in [2.05, 4.69) is 10.1 Å². The summed E-state index contributed by atoms with van der Waals surface area (Å²) in [6, 6.07) is 21.0. The Morgan fingerprint density at radius 1 is 0.974 bits per heavy atom. The number of thioether (sulfide) groups is 1. The molecule has 0 radical (unpaired) electrons. The van der Waals surface area contributed by atoms with Crippen molar-refractivity contribution in [3.63, 3.8) is 0 Å². The second kappa shape index (κ2) is 8.34. The summed E-state index contributed by atoms with van der Waals surface area (Å²) >= 11 is 1.65. The smallest absolute Gasteiger partial charge is 0.344 e. The van der Waals surface area contributed by atoms with Crippen molar-refractivity contribution < 1.29 is 18.6 Å². The Kier molecular flexibility index (Phi) is 4.74. The first-order chi connectivity index (χ1) is 19.2. The molecule has 1 atom stereocenters. The second-order valence-electron chi connectivity index (χ2n) is 9.17. The van der Waals surface area contributed by atoms with E-state index in [9.17, 15) is 4.79 Å². The van der Waals surface area contributed by atoms with E-state index in [1.165, 1.54) is 0 Å². The van der Waals surface area contributed by atoms with Gasteiger partial charge in [-0.3, -0.25) is 0 Å². The maximum Gasteiger partial charge on any atom is 0.344 e. The molecule has 3 aromatic carbocycles. The van der Waals surface area contributed by atoms with Crippen LogP contribution in [0.5, 0.6) is 23.1 Å². The van der Waals surface area contributed by atoms with Crippen molar-refractivity contribution in [1.82, 2.24) is 19.6 Å². The highest BCUT2D eigenvalue weighted by Crippen LogP contribution is 2.49. The standard InChI is InChI=1S/C29H18N4O5S/c1-39-17-9-6-15(7-10-17)22-23-25(18-4-2-3-5-19(18)37-29(23)34)38-28-24(22)27-31-26(32-33(27)13-30-28)16-8-11-20-21(12-16)36-14-35-20/h2-13,22H,14H2,1H3. The molecule has 0 saturated carbocycles. The molecule has 0 N–H and O–H groups in total. The largest absolute Gasteiger partial charge is 0.454 e. The molecule has 39 heavy (non-hydrogen) atoms. The van der Waals surface area contributed by atoms with Crippen LogP contribution in [-0.2, 0) is 0 Å². The fourth-order valence-electron chi connectivity index (χ4n) is 5.22. The number of hydrogen-bond donors (Lipinski definition) is 0. The lowest BCUT2D eigenvalue weighted by molar-refractivity contribution is 0.174. The fraction of sp³-hybridized carbons (Fsp3) is 0.103. The number of benzene rings is 3. The summed E-state index contributed by atoms with van der Waals surface area (Å²) in [6.45, 7) is 0.180. The first-order valence-corrected chi connectivity index (χ1v) is 13.4. The van der Waals surface area contributed by atoms with Crippen molar-refractivity contribution in [3.05, 3.63) is 100 Å². The zero-order valence-corrected chi connectivity index (χ0v) is 21.3. The minimum atomic E-state index is -0.537. The summed E-state index contributed by atoms with van der Waals surface area (Å²) < 4.78 is 24.7. The van der Waals surface area contributed by atoms with Crippen LogP contribution in [0, 0.1) is 0 Å². The zero-order chi connectivity index (χ0) is 26.1. The molecule has 190 valence electrons. The van der Waals surface area contributed by atoms with Crippen molar-refractivity contribution in [2.75, 3.05) is 13.0 Å². The molecule has 2 aliphatic rings. The molecule has 0 fully saturated rings. The van der Waals surface area contributed by atoms with Gasteiger partial charge in [-0.25, -0.2) is 19.3 Å². The molecule has 6 aromatic rings. The molecule has 2 aliphatic heterocycles. The molecular weight excluding hydrogens is 516 g/mol. The summed E-state index contributed by atoms with van der Waals surface area (Å²) in [7, 11) is 0. The van der Waals surface area contributed by atoms with E-state index in [0.717, 1.165) is 16.0 Å². The highest BCUT2D eigenvalue weighted by atomic mass is 32.2. The van der Waals surface area contributed by atoms with E-state index < -0.39 is 11.5 Å². The summed E-state index contributed by atoms with van der Waals surface area (Å²) in [6.07, 6.45) is 3.60. The monoisotopic (exact) mass is 534 g/mol. The van der Waals surface area contributed by atoms with E-state index >= 15 is 0 Å². The van der Waals surface area contributed by atoms with Crippen LogP contribution in [0.2, 0.25) is 0 Å². The molecule has 0 saturated heterocycles. The Balaban J connectivity index is 1.39. The Hall–Kier alpha value is -4.83. The number of hydrogen-bond acceptors (Lipinski definition) is 9. The lowest BCUT2D eigenvalue weighted by atomic mass is 9.84. The van der Waals surface area contributed by atoms with Crippen LogP contribution < -0.4 is 19.8 Å². The van der Waals surface area contributed by atoms with Crippen molar-refractivity contribution in [2.45, 2.75) is 10.8 Å². The molecule has 0 spiro atoms. The lowest BCUT2D eigenvalue weighted by Gasteiger charge is -2.27. The molecule has 3 aromatic heterocycles. The Bertz CT molecular complexity index is 2000. The maximum absolute atomic E-state index is 13.5. The molecule has 0 amide bonds. The minimum absolute atomic E-state index is 0.180. The normalized spacial score (nSPS) is 15.3. The highest BCUT2D eigenvalue weighted by molar-refractivity contribution is 7.98. The average molecular weight is 535 g/mol. The Morgan fingerprint density at radius 3 is 2.69 bits per heavy atom. The van der Waals surface area contributed by atoms with Crippen LogP contribution in [-0.4, -0.2) is 32.6 Å². The van der Waals surface area contributed by atoms with E-state index in [1.807, 2.05) is 66.9 Å². The van der Waals surface area contributed by atoms with Gasteiger partial charge in [0.1, 0.15) is 11.9 Å². The van der Waals surface area contributed by atoms with Gasteiger partial charge in [0.15, 0.2) is 28.7 Å². The van der Waals surface area contributed by atoms with Gasteiger partial charge >= 0.3 is 5.63 Å². The van der Waals surface area contributed by atoms with Crippen molar-refractivity contribution >= 4 is 28.4 Å². The van der Waals surface area contributed by atoms with Crippen LogP contribution in [0.4, 0.5) is 0 Å². The molecule has 5 heterocycles. The van der Waals surface area contributed by atoms with Gasteiger partial charge in [0.2, 0.25) is 12.7 Å². The topological polar surface area (TPSA) is 101 Å². The third-order valence-corrected chi connectivity index (χ3v) is 7.79. The molecule has 9 nitrogen and oxygen atoms in total. The quantitative estimate of drug-likeness (QED) is 0.211. The average Bonchev–Trinajstić information content (AvgIpc) is 3.63. The number of para-hydroxylation sites is 1. The highest BCUT2D eigenvalue weighted by Gasteiger charge is 2.37. The van der Waals surface area contributed by atoms with E-state index in [4.69, 9.17) is 23.6 Å². The third kappa shape index (κ3) is 3.34. The van der Waals surface area contributed by atoms with Gasteiger partial charge in [-0.05, 0) is 54.3 Å². The van der Waals surface area contributed by atoms with Crippen molar-refractivity contribution in [3.8, 4) is 34.5 Å². The summed E-state index contributed by atoms with van der Waals surface area (Å²) in [5, 5.41) is 5.39. The van der Waals surface area contributed by atoms with Gasteiger partial charge in [0, 0.05) is 10.5 Å². The SMILES string of the molecule is CSc1ccc(C2c3c(c4ccccc4oc3=O)Oc3ncn4nc(-c5ccc6c(c5)OCO6)nc4c32)cc1. The minimum Gasteiger partial charge on any atom is -0.454 e. The molecule has 10 heteroatoms. The second-order valence-corrected chi connectivity index (χ2v) is 10.1. The van der Waals surface area contributed by atoms with E-state index in [0.29, 0.717) is 56.7 Å². The number of nitrogens with zero attached hydrogens (tertiary/aromatic N) is 4. The van der Waals surface area contributed by atoms with Crippen LogP contribution in [0.15, 0.2) is 87.2 Å². The van der Waals surface area contributed by atoms with Crippen LogP contribution >= 0.6 is 11.8 Å². The zero-order valence-electron chi connectivity index (χ0n) is 20.5. The first kappa shape index (κ1) is 22.2. The van der Waals surface area contributed by atoms with Crippen LogP contribution in [0.1, 0.15) is 22.6 Å². The number of ether oxygens (including phenoxy) is 3. The van der Waals surface area contributed by atoms with Crippen LogP contribution in [0.25, 0.3) is 28.0 Å². The third-order valence-electron chi connectivity index (χ3n) is 7.04. The first-order valence-electron chi connectivity index (χ1n) is 12.2. The van der Waals surface area contributed by atoms with Gasteiger partial charge in [0.05, 0.1) is 22.4 Å². The maximum atomic E-state index is 13.5. The Morgan fingerprint density at radius 2 is 1.82 bits per heavy atom. The van der Waals surface area contributed by atoms with Crippen molar-refractivity contribution in [2.24, 2.45) is 0 Å². The van der Waals surface area contributed by atoms with Crippen molar-refractivity contribution in [1.29, 1.82) is 0 Å². The molecule has 0 aliphatic carbocycles. The molecular formula is C29H18N4O5S. The fourth-order valence-corrected chi connectivity index (χ4v) is 5.63.